The number of carbonyl (C=O) groups excluding carboxylic acids is 2. The minimum absolute atomic E-state index is 0.0173. The van der Waals surface area contributed by atoms with Gasteiger partial charge in [0.25, 0.3) is 15.9 Å². The zero-order valence-corrected chi connectivity index (χ0v) is 21.0. The van der Waals surface area contributed by atoms with Gasteiger partial charge < -0.3 is 10.1 Å². The van der Waals surface area contributed by atoms with Crippen molar-refractivity contribution in [2.45, 2.75) is 11.8 Å². The molecular weight excluding hydrogens is 507 g/mol. The molecule has 9 heteroatoms. The maximum Gasteiger partial charge on any atom is 0.268 e. The summed E-state index contributed by atoms with van der Waals surface area (Å²) in [6, 6.07) is 24.5. The number of nitrogens with one attached hydrogen (secondary N) is 2. The minimum Gasteiger partial charge on any atom is -0.456 e. The molecule has 0 saturated carbocycles. The van der Waals surface area contributed by atoms with Gasteiger partial charge in [0.1, 0.15) is 17.3 Å². The van der Waals surface area contributed by atoms with Crippen molar-refractivity contribution in [2.24, 2.45) is 0 Å². The number of carbonyl (C=O) groups is 2. The second kappa shape index (κ2) is 11.5. The van der Waals surface area contributed by atoms with E-state index in [0.717, 1.165) is 35.4 Å². The SMILES string of the molecule is Cc1ccccc1C=CC(=O)Nc1ccc(C(=O)NS(=O)(=O)c2ccc(F)cc2)c(Oc2ccccc2)c1. The number of benzene rings is 4. The zero-order valence-electron chi connectivity index (χ0n) is 20.2. The summed E-state index contributed by atoms with van der Waals surface area (Å²) in [4.78, 5) is 25.2. The summed E-state index contributed by atoms with van der Waals surface area (Å²) in [5.41, 5.74) is 2.15. The summed E-state index contributed by atoms with van der Waals surface area (Å²) in [5.74, 6) is -1.57. The molecule has 4 aromatic carbocycles. The lowest BCUT2D eigenvalue weighted by atomic mass is 10.1. The maximum absolute atomic E-state index is 13.2. The molecule has 0 fully saturated rings. The molecule has 0 aliphatic carbocycles. The van der Waals surface area contributed by atoms with E-state index in [0.29, 0.717) is 11.4 Å². The number of halogens is 1. The smallest absolute Gasteiger partial charge is 0.268 e. The van der Waals surface area contributed by atoms with E-state index in [1.807, 2.05) is 35.9 Å². The van der Waals surface area contributed by atoms with Crippen molar-refractivity contribution < 1.29 is 27.1 Å². The normalized spacial score (nSPS) is 11.2. The lowest BCUT2D eigenvalue weighted by molar-refractivity contribution is -0.111. The van der Waals surface area contributed by atoms with Crippen molar-refractivity contribution in [3.05, 3.63) is 126 Å². The molecule has 2 N–H and O–H groups in total. The first-order valence-corrected chi connectivity index (χ1v) is 12.9. The number of sulfonamides is 1. The van der Waals surface area contributed by atoms with Crippen molar-refractivity contribution in [1.29, 1.82) is 0 Å². The van der Waals surface area contributed by atoms with Crippen LogP contribution >= 0.6 is 0 Å². The highest BCUT2D eigenvalue weighted by Crippen LogP contribution is 2.29. The fourth-order valence-corrected chi connectivity index (χ4v) is 4.43. The van der Waals surface area contributed by atoms with Crippen LogP contribution in [0, 0.1) is 12.7 Å². The third-order valence-corrected chi connectivity index (χ3v) is 6.77. The van der Waals surface area contributed by atoms with E-state index in [-0.39, 0.29) is 16.2 Å². The van der Waals surface area contributed by atoms with Crippen molar-refractivity contribution in [3.63, 3.8) is 0 Å². The standard InChI is InChI=1S/C29H23FN2O5S/c1-20-7-5-6-8-21(20)11-18-28(33)31-23-14-17-26(27(19-23)37-24-9-3-2-4-10-24)29(34)32-38(35,36)25-15-12-22(30)13-16-25/h2-19H,1H3,(H,31,33)(H,32,34). The zero-order chi connectivity index (χ0) is 27.1. The first kappa shape index (κ1) is 26.3. The van der Waals surface area contributed by atoms with Gasteiger partial charge in [-0.05, 0) is 72.7 Å². The van der Waals surface area contributed by atoms with Crippen molar-refractivity contribution in [1.82, 2.24) is 4.72 Å². The molecule has 0 unspecified atom stereocenters. The summed E-state index contributed by atoms with van der Waals surface area (Å²) in [5, 5.41) is 2.71. The van der Waals surface area contributed by atoms with Gasteiger partial charge in [-0.3, -0.25) is 9.59 Å². The molecule has 0 aromatic heterocycles. The predicted octanol–water partition coefficient (Wildman–Crippen LogP) is 5.70. The van der Waals surface area contributed by atoms with Gasteiger partial charge in [-0.2, -0.15) is 0 Å². The Morgan fingerprint density at radius 1 is 0.868 bits per heavy atom. The van der Waals surface area contributed by atoms with Gasteiger partial charge in [0.15, 0.2) is 0 Å². The molecule has 192 valence electrons. The molecule has 0 saturated heterocycles. The number of amides is 2. The van der Waals surface area contributed by atoms with Crippen LogP contribution < -0.4 is 14.8 Å². The van der Waals surface area contributed by atoms with E-state index in [1.165, 1.54) is 24.3 Å². The average Bonchev–Trinajstić information content (AvgIpc) is 2.89. The predicted molar refractivity (Wildman–Crippen MR) is 143 cm³/mol. The third kappa shape index (κ3) is 6.71. The monoisotopic (exact) mass is 530 g/mol. The van der Waals surface area contributed by atoms with Crippen LogP contribution in [0.25, 0.3) is 6.08 Å². The molecule has 0 atom stereocenters. The summed E-state index contributed by atoms with van der Waals surface area (Å²) in [7, 11) is -4.28. The summed E-state index contributed by atoms with van der Waals surface area (Å²) in [6.45, 7) is 1.94. The number of hydrogen-bond donors (Lipinski definition) is 2. The second-order valence-electron chi connectivity index (χ2n) is 8.19. The van der Waals surface area contributed by atoms with E-state index >= 15 is 0 Å². The van der Waals surface area contributed by atoms with Gasteiger partial charge in [-0.15, -0.1) is 0 Å². The van der Waals surface area contributed by atoms with Crippen molar-refractivity contribution in [2.75, 3.05) is 5.32 Å². The van der Waals surface area contributed by atoms with Gasteiger partial charge in [0.2, 0.25) is 5.91 Å². The number of para-hydroxylation sites is 1. The molecule has 0 spiro atoms. The van der Waals surface area contributed by atoms with E-state index in [2.05, 4.69) is 5.32 Å². The van der Waals surface area contributed by atoms with Gasteiger partial charge in [0.05, 0.1) is 10.5 Å². The van der Waals surface area contributed by atoms with Crippen LogP contribution in [0.4, 0.5) is 10.1 Å². The maximum atomic E-state index is 13.2. The van der Waals surface area contributed by atoms with Crippen LogP contribution in [0.1, 0.15) is 21.5 Å². The second-order valence-corrected chi connectivity index (χ2v) is 9.88. The Morgan fingerprint density at radius 3 is 2.26 bits per heavy atom. The molecule has 4 aromatic rings. The Bertz CT molecular complexity index is 1600. The van der Waals surface area contributed by atoms with Crippen LogP contribution in [0.2, 0.25) is 0 Å². The number of rotatable bonds is 8. The molecule has 7 nitrogen and oxygen atoms in total. The largest absolute Gasteiger partial charge is 0.456 e. The van der Waals surface area contributed by atoms with Gasteiger partial charge in [0, 0.05) is 17.8 Å². The molecule has 0 aliphatic heterocycles. The Kier molecular flexibility index (Phi) is 7.98. The van der Waals surface area contributed by atoms with Gasteiger partial charge in [-0.1, -0.05) is 42.5 Å². The third-order valence-electron chi connectivity index (χ3n) is 5.42. The van der Waals surface area contributed by atoms with Gasteiger partial charge in [-0.25, -0.2) is 17.5 Å². The molecule has 38 heavy (non-hydrogen) atoms. The van der Waals surface area contributed by atoms with E-state index in [1.54, 1.807) is 36.4 Å². The van der Waals surface area contributed by atoms with Gasteiger partial charge >= 0.3 is 0 Å². The topological polar surface area (TPSA) is 102 Å². The highest BCUT2D eigenvalue weighted by molar-refractivity contribution is 7.90. The number of anilines is 1. The van der Waals surface area contributed by atoms with Crippen molar-refractivity contribution >= 4 is 33.6 Å². The first-order chi connectivity index (χ1) is 18.2. The quantitative estimate of drug-likeness (QED) is 0.285. The Labute approximate surface area is 219 Å². The fraction of sp³-hybridized carbons (Fsp3) is 0.0345. The summed E-state index contributed by atoms with van der Waals surface area (Å²) >= 11 is 0. The average molecular weight is 531 g/mol. The first-order valence-electron chi connectivity index (χ1n) is 11.5. The minimum atomic E-state index is -4.28. The van der Waals surface area contributed by atoms with E-state index < -0.39 is 27.7 Å². The van der Waals surface area contributed by atoms with Crippen LogP contribution in [-0.4, -0.2) is 20.2 Å². The van der Waals surface area contributed by atoms with Crippen LogP contribution in [0.5, 0.6) is 11.5 Å². The number of ether oxygens (including phenoxy) is 1. The molecule has 2 amide bonds. The highest BCUT2D eigenvalue weighted by atomic mass is 32.2. The molecule has 0 aliphatic rings. The Morgan fingerprint density at radius 2 is 1.55 bits per heavy atom. The van der Waals surface area contributed by atoms with Crippen molar-refractivity contribution in [3.8, 4) is 11.5 Å². The van der Waals surface area contributed by atoms with Crippen LogP contribution in [0.3, 0.4) is 0 Å². The fourth-order valence-electron chi connectivity index (χ4n) is 3.46. The molecule has 0 bridgehead atoms. The number of hydrogen-bond acceptors (Lipinski definition) is 5. The van der Waals surface area contributed by atoms with Crippen LogP contribution in [0.15, 0.2) is 108 Å². The number of aryl methyl sites for hydroxylation is 1. The van der Waals surface area contributed by atoms with E-state index in [4.69, 9.17) is 4.74 Å². The Balaban J connectivity index is 1.59. The Hall–Kier alpha value is -4.76. The lowest BCUT2D eigenvalue weighted by Crippen LogP contribution is -2.30. The summed E-state index contributed by atoms with van der Waals surface area (Å²) in [6.07, 6.45) is 3.07. The summed E-state index contributed by atoms with van der Waals surface area (Å²) < 4.78 is 46.4. The molecule has 0 radical (unpaired) electrons. The lowest BCUT2D eigenvalue weighted by Gasteiger charge is -2.14. The molecular formula is C29H23FN2O5S. The molecule has 0 heterocycles. The van der Waals surface area contributed by atoms with E-state index in [9.17, 15) is 22.4 Å². The highest BCUT2D eigenvalue weighted by Gasteiger charge is 2.22. The van der Waals surface area contributed by atoms with Crippen LogP contribution in [-0.2, 0) is 14.8 Å². The molecule has 4 rings (SSSR count).